The summed E-state index contributed by atoms with van der Waals surface area (Å²) in [5.74, 6) is 0.407. The predicted molar refractivity (Wildman–Crippen MR) is 124 cm³/mol. The first-order chi connectivity index (χ1) is 16.6. The van der Waals surface area contributed by atoms with E-state index in [0.29, 0.717) is 25.4 Å². The van der Waals surface area contributed by atoms with Crippen molar-refractivity contribution < 1.29 is 29.0 Å². The van der Waals surface area contributed by atoms with Crippen molar-refractivity contribution in [3.63, 3.8) is 0 Å². The van der Waals surface area contributed by atoms with E-state index in [9.17, 15) is 15.2 Å². The topological polar surface area (TPSA) is 100 Å². The van der Waals surface area contributed by atoms with Gasteiger partial charge in [-0.2, -0.15) is 0 Å². The van der Waals surface area contributed by atoms with Crippen LogP contribution in [0.4, 0.5) is 5.69 Å². The lowest BCUT2D eigenvalue weighted by Crippen LogP contribution is -2.52. The number of aliphatic hydroxyl groups is 1. The highest BCUT2D eigenvalue weighted by Gasteiger charge is 2.39. The minimum Gasteiger partial charge on any atom is -0.462 e. The van der Waals surface area contributed by atoms with Crippen LogP contribution in [0.1, 0.15) is 17.5 Å². The summed E-state index contributed by atoms with van der Waals surface area (Å²) >= 11 is 0. The Labute approximate surface area is 197 Å². The van der Waals surface area contributed by atoms with Crippen LogP contribution in [0.15, 0.2) is 84.9 Å². The first kappa shape index (κ1) is 23.8. The number of hydrogen-bond acceptors (Lipinski definition) is 7. The molecule has 0 aromatic heterocycles. The van der Waals surface area contributed by atoms with E-state index in [0.717, 1.165) is 11.1 Å². The van der Waals surface area contributed by atoms with Gasteiger partial charge in [0.1, 0.15) is 18.0 Å². The molecule has 178 valence electrons. The maximum absolute atomic E-state index is 10.9. The molecule has 0 bridgehead atoms. The first-order valence-electron chi connectivity index (χ1n) is 11.1. The third-order valence-corrected chi connectivity index (χ3v) is 5.52. The molecule has 4 atom stereocenters. The lowest BCUT2D eigenvalue weighted by atomic mass is 10.0. The second-order valence-electron chi connectivity index (χ2n) is 8.05. The molecule has 0 amide bonds. The Kier molecular flexibility index (Phi) is 8.21. The van der Waals surface area contributed by atoms with Gasteiger partial charge in [0.05, 0.1) is 30.8 Å². The summed E-state index contributed by atoms with van der Waals surface area (Å²) in [6, 6.07) is 25.2. The summed E-state index contributed by atoms with van der Waals surface area (Å²) in [5, 5.41) is 21.6. The Bertz CT molecular complexity index is 1030. The van der Waals surface area contributed by atoms with Crippen LogP contribution in [0.25, 0.3) is 0 Å². The molecule has 1 aliphatic heterocycles. The molecule has 3 aromatic carbocycles. The standard InChI is InChI=1S/C26H27NO7/c28-23-15-24(32-17-20-9-5-2-6-10-20)26(33-22-13-11-21(12-14-22)27(29)30)34-25(23)18-31-16-19-7-3-1-4-8-19/h1-14,23-26,28H,15-18H2/t23-,24-,25+,26-/m1/s1. The maximum atomic E-state index is 10.9. The number of aliphatic hydroxyl groups excluding tert-OH is 1. The highest BCUT2D eigenvalue weighted by atomic mass is 16.7. The van der Waals surface area contributed by atoms with E-state index in [1.807, 2.05) is 60.7 Å². The Morgan fingerprint density at radius 2 is 1.53 bits per heavy atom. The largest absolute Gasteiger partial charge is 0.462 e. The van der Waals surface area contributed by atoms with Crippen molar-refractivity contribution in [3.8, 4) is 5.75 Å². The zero-order valence-corrected chi connectivity index (χ0v) is 18.6. The first-order valence-corrected chi connectivity index (χ1v) is 11.1. The minimum atomic E-state index is -0.820. The minimum absolute atomic E-state index is 0.0311. The van der Waals surface area contributed by atoms with Crippen LogP contribution in [0.3, 0.4) is 0 Å². The van der Waals surface area contributed by atoms with Crippen LogP contribution >= 0.6 is 0 Å². The highest BCUT2D eigenvalue weighted by Crippen LogP contribution is 2.28. The van der Waals surface area contributed by atoms with Crippen molar-refractivity contribution in [2.24, 2.45) is 0 Å². The van der Waals surface area contributed by atoms with Gasteiger partial charge < -0.3 is 24.1 Å². The monoisotopic (exact) mass is 465 g/mol. The average Bonchev–Trinajstić information content (AvgIpc) is 2.86. The normalized spacial score (nSPS) is 22.3. The van der Waals surface area contributed by atoms with Crippen molar-refractivity contribution >= 4 is 5.69 Å². The van der Waals surface area contributed by atoms with Gasteiger partial charge in [-0.1, -0.05) is 60.7 Å². The molecule has 0 unspecified atom stereocenters. The van der Waals surface area contributed by atoms with E-state index >= 15 is 0 Å². The summed E-state index contributed by atoms with van der Waals surface area (Å²) in [7, 11) is 0. The van der Waals surface area contributed by atoms with Crippen LogP contribution < -0.4 is 4.74 Å². The predicted octanol–water partition coefficient (Wildman–Crippen LogP) is 4.25. The fourth-order valence-electron chi connectivity index (χ4n) is 3.68. The maximum Gasteiger partial charge on any atom is 0.269 e. The fourth-order valence-corrected chi connectivity index (χ4v) is 3.68. The summed E-state index contributed by atoms with van der Waals surface area (Å²) < 4.78 is 23.9. The van der Waals surface area contributed by atoms with Crippen molar-refractivity contribution in [2.75, 3.05) is 6.61 Å². The number of nitro benzene ring substituents is 1. The van der Waals surface area contributed by atoms with Gasteiger partial charge in [0, 0.05) is 18.6 Å². The highest BCUT2D eigenvalue weighted by molar-refractivity contribution is 5.36. The number of nitro groups is 1. The second-order valence-corrected chi connectivity index (χ2v) is 8.05. The van der Waals surface area contributed by atoms with Crippen molar-refractivity contribution in [1.29, 1.82) is 0 Å². The number of benzene rings is 3. The van der Waals surface area contributed by atoms with E-state index in [2.05, 4.69) is 0 Å². The van der Waals surface area contributed by atoms with E-state index in [1.54, 1.807) is 0 Å². The van der Waals surface area contributed by atoms with Crippen LogP contribution in [0, 0.1) is 10.1 Å². The number of ether oxygens (including phenoxy) is 4. The molecule has 34 heavy (non-hydrogen) atoms. The Morgan fingerprint density at radius 1 is 0.912 bits per heavy atom. The summed E-state index contributed by atoms with van der Waals surface area (Å²) in [6.07, 6.45) is -2.48. The van der Waals surface area contributed by atoms with Crippen LogP contribution in [0.2, 0.25) is 0 Å². The van der Waals surface area contributed by atoms with Crippen molar-refractivity contribution in [1.82, 2.24) is 0 Å². The molecule has 0 radical (unpaired) electrons. The van der Waals surface area contributed by atoms with Gasteiger partial charge in [-0.25, -0.2) is 0 Å². The van der Waals surface area contributed by atoms with E-state index < -0.39 is 29.5 Å². The molecular formula is C26H27NO7. The summed E-state index contributed by atoms with van der Waals surface area (Å²) in [6.45, 7) is 0.910. The van der Waals surface area contributed by atoms with Crippen LogP contribution in [-0.2, 0) is 27.4 Å². The lowest BCUT2D eigenvalue weighted by Gasteiger charge is -2.39. The van der Waals surface area contributed by atoms with E-state index in [1.165, 1.54) is 24.3 Å². The summed E-state index contributed by atoms with van der Waals surface area (Å²) in [4.78, 5) is 10.5. The molecule has 1 N–H and O–H groups in total. The van der Waals surface area contributed by atoms with Gasteiger partial charge in [0.15, 0.2) is 0 Å². The molecule has 1 aliphatic rings. The van der Waals surface area contributed by atoms with Crippen LogP contribution in [0.5, 0.6) is 5.75 Å². The average molecular weight is 466 g/mol. The molecule has 8 nitrogen and oxygen atoms in total. The molecule has 0 aliphatic carbocycles. The zero-order chi connectivity index (χ0) is 23.8. The van der Waals surface area contributed by atoms with Gasteiger partial charge in [-0.15, -0.1) is 0 Å². The zero-order valence-electron chi connectivity index (χ0n) is 18.6. The molecule has 0 saturated carbocycles. The quantitative estimate of drug-likeness (QED) is 0.353. The molecular weight excluding hydrogens is 438 g/mol. The van der Waals surface area contributed by atoms with E-state index in [-0.39, 0.29) is 12.3 Å². The second kappa shape index (κ2) is 11.7. The Hall–Kier alpha value is -3.30. The van der Waals surface area contributed by atoms with Gasteiger partial charge in [-0.05, 0) is 23.3 Å². The van der Waals surface area contributed by atoms with Gasteiger partial charge in [0.25, 0.3) is 5.69 Å². The molecule has 3 aromatic rings. The van der Waals surface area contributed by atoms with Crippen LogP contribution in [-0.4, -0.2) is 41.2 Å². The Balaban J connectivity index is 1.41. The Morgan fingerprint density at radius 3 is 2.15 bits per heavy atom. The van der Waals surface area contributed by atoms with Gasteiger partial charge in [-0.3, -0.25) is 10.1 Å². The number of nitrogens with zero attached hydrogens (tertiary/aromatic N) is 1. The smallest absolute Gasteiger partial charge is 0.269 e. The molecule has 4 rings (SSSR count). The molecule has 0 spiro atoms. The summed E-state index contributed by atoms with van der Waals surface area (Å²) in [5.41, 5.74) is 1.98. The van der Waals surface area contributed by atoms with Crippen molar-refractivity contribution in [3.05, 3.63) is 106 Å². The lowest BCUT2D eigenvalue weighted by molar-refractivity contribution is -0.384. The van der Waals surface area contributed by atoms with E-state index in [4.69, 9.17) is 18.9 Å². The number of rotatable bonds is 10. The molecule has 1 fully saturated rings. The third kappa shape index (κ3) is 6.61. The van der Waals surface area contributed by atoms with Gasteiger partial charge in [0.2, 0.25) is 6.29 Å². The molecule has 1 heterocycles. The third-order valence-electron chi connectivity index (χ3n) is 5.52. The molecule has 8 heteroatoms. The number of non-ortho nitro benzene ring substituents is 1. The number of hydrogen-bond donors (Lipinski definition) is 1. The SMILES string of the molecule is O=[N+]([O-])c1ccc(O[C@@H]2O[C@@H](COCc3ccccc3)[C@H](O)C[C@H]2OCc2ccccc2)cc1. The fraction of sp³-hybridized carbons (Fsp3) is 0.308. The van der Waals surface area contributed by atoms with Gasteiger partial charge >= 0.3 is 0 Å². The van der Waals surface area contributed by atoms with Crippen molar-refractivity contribution in [2.45, 2.75) is 44.2 Å². The molecule has 1 saturated heterocycles.